The molecular formula is C20H23ClF2N6. The quantitative estimate of drug-likeness (QED) is 0.469. The van der Waals surface area contributed by atoms with Crippen molar-refractivity contribution in [2.45, 2.75) is 26.4 Å². The van der Waals surface area contributed by atoms with Crippen LogP contribution in [-0.4, -0.2) is 21.5 Å². The average Bonchev–Trinajstić information content (AvgIpc) is 2.71. The van der Waals surface area contributed by atoms with Gasteiger partial charge in [0.25, 0.3) is 0 Å². The average molecular weight is 421 g/mol. The van der Waals surface area contributed by atoms with Crippen LogP contribution in [0.15, 0.2) is 48.5 Å². The summed E-state index contributed by atoms with van der Waals surface area (Å²) in [6.45, 7) is 3.69. The molecule has 1 heterocycles. The summed E-state index contributed by atoms with van der Waals surface area (Å²) in [5, 5.41) is 9.40. The molecule has 3 rings (SSSR count). The van der Waals surface area contributed by atoms with E-state index in [1.807, 2.05) is 0 Å². The summed E-state index contributed by atoms with van der Waals surface area (Å²) in [4.78, 5) is 13.1. The second-order valence-electron chi connectivity index (χ2n) is 6.19. The van der Waals surface area contributed by atoms with E-state index in [1.165, 1.54) is 24.3 Å². The number of hydrogen-bond acceptors (Lipinski definition) is 6. The van der Waals surface area contributed by atoms with Gasteiger partial charge in [-0.1, -0.05) is 31.2 Å². The van der Waals surface area contributed by atoms with E-state index >= 15 is 0 Å². The Bertz CT molecular complexity index is 823. The lowest BCUT2D eigenvalue weighted by molar-refractivity contribution is 0.626. The fourth-order valence-electron chi connectivity index (χ4n) is 2.42. The zero-order valence-electron chi connectivity index (χ0n) is 16.0. The van der Waals surface area contributed by atoms with Gasteiger partial charge >= 0.3 is 0 Å². The highest BCUT2D eigenvalue weighted by molar-refractivity contribution is 5.85. The van der Waals surface area contributed by atoms with Crippen molar-refractivity contribution >= 4 is 30.3 Å². The van der Waals surface area contributed by atoms with Crippen molar-refractivity contribution in [3.05, 3.63) is 71.3 Å². The third-order valence-electron chi connectivity index (χ3n) is 3.90. The molecule has 3 N–H and O–H groups in total. The van der Waals surface area contributed by atoms with E-state index in [4.69, 9.17) is 0 Å². The molecule has 9 heteroatoms. The number of aromatic nitrogens is 3. The molecule has 1 aromatic heterocycles. The largest absolute Gasteiger partial charge is 0.354 e. The molecule has 0 saturated carbocycles. The molecule has 29 heavy (non-hydrogen) atoms. The van der Waals surface area contributed by atoms with Crippen LogP contribution in [-0.2, 0) is 13.1 Å². The van der Waals surface area contributed by atoms with Gasteiger partial charge in [-0.05, 0) is 41.8 Å². The lowest BCUT2D eigenvalue weighted by atomic mass is 10.2. The van der Waals surface area contributed by atoms with Crippen LogP contribution in [0.1, 0.15) is 24.5 Å². The first-order valence-corrected chi connectivity index (χ1v) is 9.09. The Labute approximate surface area is 174 Å². The summed E-state index contributed by atoms with van der Waals surface area (Å²) in [6.07, 6.45) is 0.933. The predicted octanol–water partition coefficient (Wildman–Crippen LogP) is 4.62. The third kappa shape index (κ3) is 7.15. The fraction of sp³-hybridized carbons (Fsp3) is 0.250. The van der Waals surface area contributed by atoms with Crippen molar-refractivity contribution < 1.29 is 8.78 Å². The minimum absolute atomic E-state index is 0. The molecule has 0 aliphatic rings. The molecule has 0 radical (unpaired) electrons. The Morgan fingerprint density at radius 1 is 0.655 bits per heavy atom. The van der Waals surface area contributed by atoms with Gasteiger partial charge in [-0.25, -0.2) is 8.78 Å². The standard InChI is InChI=1S/C20H22F2N6.ClH/c1-2-11-23-18-26-19(24-12-14-3-7-16(21)8-4-14)28-20(27-18)25-13-15-5-9-17(22)10-6-15;/h3-10H,2,11-13H2,1H3,(H3,23,24,25,26,27,28);1H. The summed E-state index contributed by atoms with van der Waals surface area (Å²) in [5.74, 6) is 0.712. The topological polar surface area (TPSA) is 74.8 Å². The second-order valence-corrected chi connectivity index (χ2v) is 6.19. The first-order valence-electron chi connectivity index (χ1n) is 9.09. The summed E-state index contributed by atoms with van der Waals surface area (Å²) in [7, 11) is 0. The van der Waals surface area contributed by atoms with Gasteiger partial charge in [0.2, 0.25) is 17.8 Å². The van der Waals surface area contributed by atoms with Gasteiger partial charge in [0.05, 0.1) is 0 Å². The van der Waals surface area contributed by atoms with Crippen LogP contribution < -0.4 is 16.0 Å². The molecule has 0 spiro atoms. The molecule has 0 atom stereocenters. The van der Waals surface area contributed by atoms with Crippen LogP contribution in [0.3, 0.4) is 0 Å². The minimum atomic E-state index is -0.276. The number of halogens is 3. The molecule has 0 saturated heterocycles. The van der Waals surface area contributed by atoms with Gasteiger partial charge in [-0.3, -0.25) is 0 Å². The summed E-state index contributed by atoms with van der Waals surface area (Å²) < 4.78 is 26.1. The van der Waals surface area contributed by atoms with E-state index < -0.39 is 0 Å². The summed E-state index contributed by atoms with van der Waals surface area (Å²) in [5.41, 5.74) is 1.82. The lowest BCUT2D eigenvalue weighted by Gasteiger charge is -2.11. The van der Waals surface area contributed by atoms with Gasteiger partial charge < -0.3 is 16.0 Å². The van der Waals surface area contributed by atoms with Crippen LogP contribution in [0.2, 0.25) is 0 Å². The Balaban J connectivity index is 0.00000300. The zero-order chi connectivity index (χ0) is 19.8. The van der Waals surface area contributed by atoms with E-state index in [1.54, 1.807) is 24.3 Å². The third-order valence-corrected chi connectivity index (χ3v) is 3.90. The van der Waals surface area contributed by atoms with Crippen LogP contribution in [0, 0.1) is 11.6 Å². The Kier molecular flexibility index (Phi) is 8.54. The molecule has 2 aromatic carbocycles. The monoisotopic (exact) mass is 420 g/mol. The van der Waals surface area contributed by atoms with Crippen molar-refractivity contribution in [1.82, 2.24) is 15.0 Å². The van der Waals surface area contributed by atoms with E-state index in [0.717, 1.165) is 24.1 Å². The Hall–Kier alpha value is -3.00. The van der Waals surface area contributed by atoms with Crippen LogP contribution in [0.5, 0.6) is 0 Å². The molecule has 0 unspecified atom stereocenters. The predicted molar refractivity (Wildman–Crippen MR) is 113 cm³/mol. The molecule has 0 amide bonds. The van der Waals surface area contributed by atoms with Crippen LogP contribution >= 0.6 is 12.4 Å². The van der Waals surface area contributed by atoms with Crippen molar-refractivity contribution in [2.24, 2.45) is 0 Å². The van der Waals surface area contributed by atoms with Crippen molar-refractivity contribution in [2.75, 3.05) is 22.5 Å². The van der Waals surface area contributed by atoms with Crippen LogP contribution in [0.4, 0.5) is 26.6 Å². The van der Waals surface area contributed by atoms with E-state index in [-0.39, 0.29) is 24.0 Å². The maximum atomic E-state index is 13.0. The summed E-state index contributed by atoms with van der Waals surface area (Å²) >= 11 is 0. The highest BCUT2D eigenvalue weighted by Crippen LogP contribution is 2.13. The molecule has 0 aliphatic heterocycles. The molecular weight excluding hydrogens is 398 g/mol. The molecule has 0 bridgehead atoms. The first kappa shape index (κ1) is 22.3. The smallest absolute Gasteiger partial charge is 0.229 e. The highest BCUT2D eigenvalue weighted by atomic mass is 35.5. The molecule has 0 aliphatic carbocycles. The SMILES string of the molecule is CCCNc1nc(NCc2ccc(F)cc2)nc(NCc2ccc(F)cc2)n1.Cl. The second kappa shape index (κ2) is 11.1. The zero-order valence-corrected chi connectivity index (χ0v) is 16.8. The molecule has 0 fully saturated rings. The lowest BCUT2D eigenvalue weighted by Crippen LogP contribution is -2.13. The normalized spacial score (nSPS) is 10.2. The number of hydrogen-bond donors (Lipinski definition) is 3. The molecule has 154 valence electrons. The number of nitrogens with zero attached hydrogens (tertiary/aromatic N) is 3. The van der Waals surface area contributed by atoms with Crippen molar-refractivity contribution in [3.8, 4) is 0 Å². The molecule has 6 nitrogen and oxygen atoms in total. The van der Waals surface area contributed by atoms with Gasteiger partial charge in [0.1, 0.15) is 11.6 Å². The van der Waals surface area contributed by atoms with Crippen molar-refractivity contribution in [3.63, 3.8) is 0 Å². The maximum Gasteiger partial charge on any atom is 0.229 e. The number of anilines is 3. The van der Waals surface area contributed by atoms with Gasteiger partial charge in [-0.15, -0.1) is 12.4 Å². The van der Waals surface area contributed by atoms with Crippen LogP contribution in [0.25, 0.3) is 0 Å². The van der Waals surface area contributed by atoms with E-state index in [0.29, 0.717) is 30.9 Å². The van der Waals surface area contributed by atoms with Crippen molar-refractivity contribution in [1.29, 1.82) is 0 Å². The highest BCUT2D eigenvalue weighted by Gasteiger charge is 2.07. The Morgan fingerprint density at radius 2 is 1.03 bits per heavy atom. The van der Waals surface area contributed by atoms with Gasteiger partial charge in [0, 0.05) is 19.6 Å². The number of benzene rings is 2. The fourth-order valence-corrected chi connectivity index (χ4v) is 2.42. The van der Waals surface area contributed by atoms with E-state index in [2.05, 4.69) is 37.8 Å². The van der Waals surface area contributed by atoms with Gasteiger partial charge in [0.15, 0.2) is 0 Å². The summed E-state index contributed by atoms with van der Waals surface area (Å²) in [6, 6.07) is 12.5. The Morgan fingerprint density at radius 3 is 1.41 bits per heavy atom. The maximum absolute atomic E-state index is 13.0. The number of nitrogens with one attached hydrogen (secondary N) is 3. The van der Waals surface area contributed by atoms with E-state index in [9.17, 15) is 8.78 Å². The van der Waals surface area contributed by atoms with Gasteiger partial charge in [-0.2, -0.15) is 15.0 Å². The first-order chi connectivity index (χ1) is 13.6. The molecule has 3 aromatic rings. The minimum Gasteiger partial charge on any atom is -0.354 e. The number of rotatable bonds is 9.